The van der Waals surface area contributed by atoms with Crippen LogP contribution in [0.15, 0.2) is 42.7 Å². The van der Waals surface area contributed by atoms with Gasteiger partial charge in [0.15, 0.2) is 0 Å². The van der Waals surface area contributed by atoms with Gasteiger partial charge in [0.2, 0.25) is 0 Å². The molecule has 0 bridgehead atoms. The molecule has 2 atom stereocenters. The normalized spacial score (nSPS) is 20.5. The Balaban J connectivity index is 1.72. The second-order valence-corrected chi connectivity index (χ2v) is 8.24. The van der Waals surface area contributed by atoms with Crippen molar-refractivity contribution in [3.63, 3.8) is 0 Å². The van der Waals surface area contributed by atoms with E-state index in [1.165, 1.54) is 0 Å². The Bertz CT molecular complexity index is 741. The maximum atomic E-state index is 12.8. The highest BCUT2D eigenvalue weighted by molar-refractivity contribution is 6.30. The highest BCUT2D eigenvalue weighted by Gasteiger charge is 2.35. The quantitative estimate of drug-likeness (QED) is 0.795. The van der Waals surface area contributed by atoms with E-state index in [0.717, 1.165) is 5.56 Å². The van der Waals surface area contributed by atoms with E-state index in [9.17, 15) is 4.79 Å². The SMILES string of the molecule is CC(C)(C)OC(=O)N1CC(Cn2cccn2)OCC1Cc1ccc(Cl)cc1. The van der Waals surface area contributed by atoms with Gasteiger partial charge in [-0.3, -0.25) is 9.58 Å². The van der Waals surface area contributed by atoms with E-state index < -0.39 is 5.60 Å². The van der Waals surface area contributed by atoms with E-state index in [1.54, 1.807) is 11.1 Å². The molecule has 3 rings (SSSR count). The molecule has 2 unspecified atom stereocenters. The molecular formula is C20H26ClN3O3. The largest absolute Gasteiger partial charge is 0.444 e. The first-order valence-electron chi connectivity index (χ1n) is 9.13. The van der Waals surface area contributed by atoms with E-state index in [2.05, 4.69) is 5.10 Å². The summed E-state index contributed by atoms with van der Waals surface area (Å²) < 4.78 is 13.5. The molecule has 2 aromatic rings. The van der Waals surface area contributed by atoms with E-state index in [1.807, 2.05) is 62.0 Å². The van der Waals surface area contributed by atoms with Gasteiger partial charge in [0.25, 0.3) is 0 Å². The number of halogens is 1. The summed E-state index contributed by atoms with van der Waals surface area (Å²) in [6.45, 7) is 7.14. The number of carbonyl (C=O) groups excluding carboxylic acids is 1. The second-order valence-electron chi connectivity index (χ2n) is 7.80. The number of benzene rings is 1. The van der Waals surface area contributed by atoms with E-state index in [-0.39, 0.29) is 18.2 Å². The van der Waals surface area contributed by atoms with Crippen molar-refractivity contribution in [3.8, 4) is 0 Å². The lowest BCUT2D eigenvalue weighted by Gasteiger charge is -2.40. The average molecular weight is 392 g/mol. The summed E-state index contributed by atoms with van der Waals surface area (Å²) in [5.41, 5.74) is 0.560. The van der Waals surface area contributed by atoms with Crippen LogP contribution in [0.3, 0.4) is 0 Å². The minimum atomic E-state index is -0.544. The summed E-state index contributed by atoms with van der Waals surface area (Å²) >= 11 is 5.98. The molecule has 0 radical (unpaired) electrons. The molecule has 27 heavy (non-hydrogen) atoms. The van der Waals surface area contributed by atoms with Crippen LogP contribution in [0.5, 0.6) is 0 Å². The van der Waals surface area contributed by atoms with Crippen molar-refractivity contribution in [2.75, 3.05) is 13.2 Å². The number of aromatic nitrogens is 2. The van der Waals surface area contributed by atoms with Gasteiger partial charge >= 0.3 is 6.09 Å². The molecule has 1 fully saturated rings. The van der Waals surface area contributed by atoms with Crippen molar-refractivity contribution >= 4 is 17.7 Å². The summed E-state index contributed by atoms with van der Waals surface area (Å²) in [5, 5.41) is 4.92. The molecule has 1 aromatic carbocycles. The number of morpholine rings is 1. The van der Waals surface area contributed by atoms with Gasteiger partial charge in [0.1, 0.15) is 5.60 Å². The second kappa shape index (κ2) is 8.31. The standard InChI is InChI=1S/C20H26ClN3O3/c1-20(2,3)27-19(25)24-13-18(12-23-10-4-9-22-23)26-14-17(24)11-15-5-7-16(21)8-6-15/h4-10,17-18H,11-14H2,1-3H3. The van der Waals surface area contributed by atoms with E-state index >= 15 is 0 Å². The van der Waals surface area contributed by atoms with Crippen LogP contribution < -0.4 is 0 Å². The van der Waals surface area contributed by atoms with Gasteiger partial charge in [0, 0.05) is 17.4 Å². The summed E-state index contributed by atoms with van der Waals surface area (Å²) in [6, 6.07) is 9.46. The first kappa shape index (κ1) is 19.7. The number of hydrogen-bond donors (Lipinski definition) is 0. The van der Waals surface area contributed by atoms with Crippen LogP contribution in [0, 0.1) is 0 Å². The zero-order valence-electron chi connectivity index (χ0n) is 16.0. The molecule has 1 amide bonds. The lowest BCUT2D eigenvalue weighted by atomic mass is 10.0. The smallest absolute Gasteiger partial charge is 0.410 e. The fraction of sp³-hybridized carbons (Fsp3) is 0.500. The Morgan fingerprint density at radius 2 is 2.07 bits per heavy atom. The maximum Gasteiger partial charge on any atom is 0.410 e. The highest BCUT2D eigenvalue weighted by Crippen LogP contribution is 2.21. The van der Waals surface area contributed by atoms with E-state index in [0.29, 0.717) is 31.1 Å². The highest BCUT2D eigenvalue weighted by atomic mass is 35.5. The van der Waals surface area contributed by atoms with Crippen LogP contribution >= 0.6 is 11.6 Å². The molecule has 1 aliphatic heterocycles. The van der Waals surface area contributed by atoms with Gasteiger partial charge in [0.05, 0.1) is 31.8 Å². The summed E-state index contributed by atoms with van der Waals surface area (Å²) in [7, 11) is 0. The topological polar surface area (TPSA) is 56.6 Å². The van der Waals surface area contributed by atoms with Crippen LogP contribution in [0.4, 0.5) is 4.79 Å². The number of carbonyl (C=O) groups is 1. The van der Waals surface area contributed by atoms with Gasteiger partial charge < -0.3 is 9.47 Å². The molecule has 7 heteroatoms. The zero-order valence-corrected chi connectivity index (χ0v) is 16.7. The van der Waals surface area contributed by atoms with Crippen molar-refractivity contribution in [1.29, 1.82) is 0 Å². The van der Waals surface area contributed by atoms with Crippen molar-refractivity contribution in [2.45, 2.75) is 51.5 Å². The van der Waals surface area contributed by atoms with Crippen LogP contribution in [-0.4, -0.2) is 51.7 Å². The molecule has 1 aromatic heterocycles. The van der Waals surface area contributed by atoms with Crippen molar-refractivity contribution in [3.05, 3.63) is 53.3 Å². The fourth-order valence-electron chi connectivity index (χ4n) is 3.09. The van der Waals surface area contributed by atoms with Crippen LogP contribution in [0.1, 0.15) is 26.3 Å². The Morgan fingerprint density at radius 3 is 2.70 bits per heavy atom. The molecule has 6 nitrogen and oxygen atoms in total. The molecule has 0 saturated carbocycles. The van der Waals surface area contributed by atoms with Gasteiger partial charge in [-0.25, -0.2) is 4.79 Å². The zero-order chi connectivity index (χ0) is 19.4. The fourth-order valence-corrected chi connectivity index (χ4v) is 3.22. The Kier molecular flexibility index (Phi) is 6.07. The molecule has 1 aliphatic rings. The van der Waals surface area contributed by atoms with Crippen LogP contribution in [0.25, 0.3) is 0 Å². The Labute approximate surface area is 165 Å². The number of rotatable bonds is 4. The summed E-state index contributed by atoms with van der Waals surface area (Å²) in [5.74, 6) is 0. The van der Waals surface area contributed by atoms with Crippen LogP contribution in [0.2, 0.25) is 5.02 Å². The third kappa shape index (κ3) is 5.71. The van der Waals surface area contributed by atoms with Gasteiger partial charge in [-0.05, 0) is 51.0 Å². The van der Waals surface area contributed by atoms with Gasteiger partial charge in [-0.2, -0.15) is 5.10 Å². The molecule has 0 N–H and O–H groups in total. The van der Waals surface area contributed by atoms with Gasteiger partial charge in [-0.1, -0.05) is 23.7 Å². The molecule has 1 saturated heterocycles. The number of ether oxygens (including phenoxy) is 2. The van der Waals surface area contributed by atoms with Gasteiger partial charge in [-0.15, -0.1) is 0 Å². The summed E-state index contributed by atoms with van der Waals surface area (Å²) in [4.78, 5) is 14.6. The van der Waals surface area contributed by atoms with Crippen molar-refractivity contribution < 1.29 is 14.3 Å². The first-order chi connectivity index (χ1) is 12.8. The average Bonchev–Trinajstić information content (AvgIpc) is 3.09. The monoisotopic (exact) mass is 391 g/mol. The molecular weight excluding hydrogens is 366 g/mol. The summed E-state index contributed by atoms with van der Waals surface area (Å²) in [6.07, 6.45) is 3.87. The van der Waals surface area contributed by atoms with Crippen molar-refractivity contribution in [2.24, 2.45) is 0 Å². The minimum absolute atomic E-state index is 0.0881. The molecule has 0 spiro atoms. The molecule has 0 aliphatic carbocycles. The predicted octanol–water partition coefficient (Wildman–Crippen LogP) is 3.78. The third-order valence-electron chi connectivity index (χ3n) is 4.33. The number of amides is 1. The minimum Gasteiger partial charge on any atom is -0.444 e. The Morgan fingerprint density at radius 1 is 1.33 bits per heavy atom. The van der Waals surface area contributed by atoms with E-state index in [4.69, 9.17) is 21.1 Å². The molecule has 146 valence electrons. The molecule has 2 heterocycles. The third-order valence-corrected chi connectivity index (χ3v) is 4.58. The maximum absolute atomic E-state index is 12.8. The number of hydrogen-bond acceptors (Lipinski definition) is 4. The first-order valence-corrected chi connectivity index (χ1v) is 9.51. The lowest BCUT2D eigenvalue weighted by molar-refractivity contribution is -0.0751. The number of nitrogens with zero attached hydrogens (tertiary/aromatic N) is 3. The lowest BCUT2D eigenvalue weighted by Crippen LogP contribution is -2.55. The van der Waals surface area contributed by atoms with Crippen LogP contribution in [-0.2, 0) is 22.4 Å². The van der Waals surface area contributed by atoms with Crippen molar-refractivity contribution in [1.82, 2.24) is 14.7 Å². The Hall–Kier alpha value is -2.05. The predicted molar refractivity (Wildman–Crippen MR) is 104 cm³/mol.